The van der Waals surface area contributed by atoms with Gasteiger partial charge in [-0.05, 0) is 11.4 Å². The molecule has 0 bridgehead atoms. The standard InChI is InChI=1S/C14H10N6O4S/c15-9-6(11(21)19-13(23)17-9)5-7-10(18-14(24)20-12(7)22)16-8(5)4-2-1-3-25-4/h1-3H,(H4,15,17,19,21,23)(H3,16,18,20,22,24). The Kier molecular flexibility index (Phi) is 3.12. The van der Waals surface area contributed by atoms with Gasteiger partial charge in [-0.15, -0.1) is 11.3 Å². The Morgan fingerprint density at radius 2 is 1.56 bits per heavy atom. The van der Waals surface area contributed by atoms with Gasteiger partial charge in [0.15, 0.2) is 0 Å². The number of nitrogen functional groups attached to an aromatic ring is 1. The van der Waals surface area contributed by atoms with Crippen LogP contribution in [0.4, 0.5) is 5.82 Å². The lowest BCUT2D eigenvalue weighted by atomic mass is 10.0. The maximum absolute atomic E-state index is 12.4. The van der Waals surface area contributed by atoms with E-state index in [1.54, 1.807) is 12.1 Å². The highest BCUT2D eigenvalue weighted by atomic mass is 32.1. The van der Waals surface area contributed by atoms with Crippen molar-refractivity contribution in [3.8, 4) is 21.7 Å². The molecule has 0 aromatic carbocycles. The molecule has 0 fully saturated rings. The molecule has 0 aliphatic rings. The molecule has 4 heterocycles. The number of H-pyrrole nitrogens is 5. The van der Waals surface area contributed by atoms with Gasteiger partial charge in [-0.3, -0.25) is 29.5 Å². The van der Waals surface area contributed by atoms with Crippen molar-refractivity contribution in [2.24, 2.45) is 0 Å². The topological polar surface area (TPSA) is 173 Å². The van der Waals surface area contributed by atoms with Crippen molar-refractivity contribution < 1.29 is 0 Å². The summed E-state index contributed by atoms with van der Waals surface area (Å²) < 4.78 is 0. The van der Waals surface area contributed by atoms with Crippen LogP contribution >= 0.6 is 11.3 Å². The maximum Gasteiger partial charge on any atom is 0.327 e. The van der Waals surface area contributed by atoms with Crippen LogP contribution in [-0.2, 0) is 0 Å². The first kappa shape index (κ1) is 15.0. The molecule has 0 radical (unpaired) electrons. The van der Waals surface area contributed by atoms with Gasteiger partial charge in [0.1, 0.15) is 11.5 Å². The van der Waals surface area contributed by atoms with Crippen LogP contribution in [0, 0.1) is 0 Å². The molecule has 11 heteroatoms. The van der Waals surface area contributed by atoms with E-state index in [1.165, 1.54) is 11.3 Å². The molecule has 7 N–H and O–H groups in total. The summed E-state index contributed by atoms with van der Waals surface area (Å²) in [5, 5.41) is 1.88. The number of aromatic nitrogens is 5. The summed E-state index contributed by atoms with van der Waals surface area (Å²) in [5.74, 6) is -0.182. The van der Waals surface area contributed by atoms with E-state index < -0.39 is 22.5 Å². The summed E-state index contributed by atoms with van der Waals surface area (Å²) in [4.78, 5) is 60.4. The van der Waals surface area contributed by atoms with Gasteiger partial charge in [-0.25, -0.2) is 9.59 Å². The molecule has 0 aliphatic heterocycles. The highest BCUT2D eigenvalue weighted by molar-refractivity contribution is 7.13. The summed E-state index contributed by atoms with van der Waals surface area (Å²) in [5.41, 5.74) is 3.68. The first-order chi connectivity index (χ1) is 12.0. The summed E-state index contributed by atoms with van der Waals surface area (Å²) in [6.45, 7) is 0. The molecule has 0 spiro atoms. The van der Waals surface area contributed by atoms with Crippen molar-refractivity contribution in [2.45, 2.75) is 0 Å². The largest absolute Gasteiger partial charge is 0.384 e. The van der Waals surface area contributed by atoms with Gasteiger partial charge in [0.2, 0.25) is 0 Å². The second-order valence-electron chi connectivity index (χ2n) is 5.21. The number of aromatic amines is 5. The van der Waals surface area contributed by atoms with Crippen LogP contribution in [0.15, 0.2) is 36.7 Å². The van der Waals surface area contributed by atoms with Gasteiger partial charge in [-0.1, -0.05) is 6.07 Å². The summed E-state index contributed by atoms with van der Waals surface area (Å²) >= 11 is 1.36. The zero-order valence-corrected chi connectivity index (χ0v) is 13.2. The Labute approximate surface area is 140 Å². The van der Waals surface area contributed by atoms with E-state index in [0.717, 1.165) is 4.88 Å². The molecule has 4 aromatic heterocycles. The van der Waals surface area contributed by atoms with Gasteiger partial charge in [0.25, 0.3) is 11.1 Å². The monoisotopic (exact) mass is 358 g/mol. The average Bonchev–Trinajstić information content (AvgIpc) is 3.13. The van der Waals surface area contributed by atoms with Crippen molar-refractivity contribution in [1.29, 1.82) is 0 Å². The minimum Gasteiger partial charge on any atom is -0.384 e. The van der Waals surface area contributed by atoms with Crippen LogP contribution in [0.25, 0.3) is 32.7 Å². The Morgan fingerprint density at radius 1 is 0.840 bits per heavy atom. The molecule has 25 heavy (non-hydrogen) atoms. The van der Waals surface area contributed by atoms with E-state index in [4.69, 9.17) is 5.73 Å². The molecule has 0 unspecified atom stereocenters. The predicted molar refractivity (Wildman–Crippen MR) is 93.9 cm³/mol. The molecular formula is C14H10N6O4S. The lowest BCUT2D eigenvalue weighted by Crippen LogP contribution is -2.26. The minimum atomic E-state index is -0.758. The van der Waals surface area contributed by atoms with Crippen LogP contribution in [0.5, 0.6) is 0 Å². The first-order valence-corrected chi connectivity index (χ1v) is 7.88. The molecule has 0 atom stereocenters. The van der Waals surface area contributed by atoms with E-state index >= 15 is 0 Å². The number of anilines is 1. The Morgan fingerprint density at radius 3 is 2.24 bits per heavy atom. The highest BCUT2D eigenvalue weighted by Gasteiger charge is 2.23. The number of thiophene rings is 1. The van der Waals surface area contributed by atoms with E-state index in [-0.39, 0.29) is 28.0 Å². The quantitative estimate of drug-likeness (QED) is 0.293. The average molecular weight is 358 g/mol. The number of hydrogen-bond acceptors (Lipinski definition) is 6. The van der Waals surface area contributed by atoms with Gasteiger partial charge in [0.05, 0.1) is 21.5 Å². The second-order valence-corrected chi connectivity index (χ2v) is 6.16. The normalized spacial score (nSPS) is 11.2. The van der Waals surface area contributed by atoms with Crippen LogP contribution in [0.2, 0.25) is 0 Å². The van der Waals surface area contributed by atoms with Crippen LogP contribution < -0.4 is 28.2 Å². The van der Waals surface area contributed by atoms with Crippen molar-refractivity contribution in [2.75, 3.05) is 5.73 Å². The zero-order chi connectivity index (χ0) is 17.7. The van der Waals surface area contributed by atoms with E-state index in [0.29, 0.717) is 5.69 Å². The van der Waals surface area contributed by atoms with E-state index in [1.807, 2.05) is 5.38 Å². The Hall–Kier alpha value is -3.60. The smallest absolute Gasteiger partial charge is 0.327 e. The number of nitrogens with two attached hydrogens (primary N) is 1. The van der Waals surface area contributed by atoms with Crippen molar-refractivity contribution in [3.05, 3.63) is 59.2 Å². The molecule has 0 saturated heterocycles. The minimum absolute atomic E-state index is 0.0623. The van der Waals surface area contributed by atoms with E-state index in [9.17, 15) is 19.2 Å². The van der Waals surface area contributed by atoms with Gasteiger partial charge >= 0.3 is 11.4 Å². The van der Waals surface area contributed by atoms with Crippen molar-refractivity contribution in [3.63, 3.8) is 0 Å². The van der Waals surface area contributed by atoms with Crippen molar-refractivity contribution in [1.82, 2.24) is 24.9 Å². The fourth-order valence-electron chi connectivity index (χ4n) is 2.74. The fourth-order valence-corrected chi connectivity index (χ4v) is 3.47. The fraction of sp³-hybridized carbons (Fsp3) is 0. The third kappa shape index (κ3) is 2.25. The third-order valence-electron chi connectivity index (χ3n) is 3.68. The SMILES string of the molecule is Nc1[nH]c(=O)[nH]c(=O)c1-c1c(-c2cccs2)[nH]c2[nH]c(=O)[nH]c(=O)c12. The lowest BCUT2D eigenvalue weighted by Gasteiger charge is -2.05. The molecule has 0 saturated carbocycles. The molecule has 126 valence electrons. The highest BCUT2D eigenvalue weighted by Crippen LogP contribution is 2.37. The van der Waals surface area contributed by atoms with Gasteiger partial charge in [0, 0.05) is 5.56 Å². The number of hydrogen-bond donors (Lipinski definition) is 6. The van der Waals surface area contributed by atoms with Crippen LogP contribution in [-0.4, -0.2) is 24.9 Å². The predicted octanol–water partition coefficient (Wildman–Crippen LogP) is -0.101. The van der Waals surface area contributed by atoms with Gasteiger partial charge in [-0.2, -0.15) is 0 Å². The third-order valence-corrected chi connectivity index (χ3v) is 4.57. The molecule has 0 amide bonds. The van der Waals surface area contributed by atoms with Crippen LogP contribution in [0.3, 0.4) is 0 Å². The van der Waals surface area contributed by atoms with Crippen LogP contribution in [0.1, 0.15) is 0 Å². The molecule has 4 rings (SSSR count). The lowest BCUT2D eigenvalue weighted by molar-refractivity contribution is 1.05. The Bertz CT molecular complexity index is 1330. The summed E-state index contributed by atoms with van der Waals surface area (Å²) in [6, 6.07) is 3.57. The second kappa shape index (κ2) is 5.21. The summed E-state index contributed by atoms with van der Waals surface area (Å²) in [7, 11) is 0. The van der Waals surface area contributed by atoms with Gasteiger partial charge < -0.3 is 10.7 Å². The maximum atomic E-state index is 12.4. The Balaban J connectivity index is 2.25. The number of nitrogens with one attached hydrogen (secondary N) is 5. The first-order valence-electron chi connectivity index (χ1n) is 7.00. The zero-order valence-electron chi connectivity index (χ0n) is 12.4. The van der Waals surface area contributed by atoms with Crippen molar-refractivity contribution >= 4 is 28.2 Å². The van der Waals surface area contributed by atoms with E-state index in [2.05, 4.69) is 24.9 Å². The molecule has 10 nitrogen and oxygen atoms in total. The molecule has 4 aromatic rings. The molecule has 0 aliphatic carbocycles. The number of rotatable bonds is 2. The number of fused-ring (bicyclic) bond motifs is 1. The molecular weight excluding hydrogens is 348 g/mol. The summed E-state index contributed by atoms with van der Waals surface area (Å²) in [6.07, 6.45) is 0.